The first-order valence-electron chi connectivity index (χ1n) is 8.62. The number of fused-ring (bicyclic) bond motifs is 3. The van der Waals surface area contributed by atoms with E-state index in [9.17, 15) is 4.79 Å². The summed E-state index contributed by atoms with van der Waals surface area (Å²) in [6.45, 7) is 3.65. The largest absolute Gasteiger partial charge is 0.358 e. The molecule has 3 heteroatoms. The van der Waals surface area contributed by atoms with Gasteiger partial charge in [0.15, 0.2) is 0 Å². The van der Waals surface area contributed by atoms with Gasteiger partial charge in [-0.05, 0) is 30.5 Å². The number of carbonyl (C=O) groups excluding carboxylic acids is 1. The number of amides is 1. The molecule has 3 aromatic rings. The van der Waals surface area contributed by atoms with Crippen molar-refractivity contribution in [3.63, 3.8) is 0 Å². The minimum Gasteiger partial charge on any atom is -0.358 e. The molecule has 2 aromatic carbocycles. The molecule has 1 aliphatic rings. The van der Waals surface area contributed by atoms with Crippen molar-refractivity contribution in [2.45, 2.75) is 32.7 Å². The summed E-state index contributed by atoms with van der Waals surface area (Å²) in [5, 5.41) is 1.26. The Hall–Kier alpha value is -2.55. The predicted octanol–water partition coefficient (Wildman–Crippen LogP) is 3.99. The van der Waals surface area contributed by atoms with Gasteiger partial charge in [-0.2, -0.15) is 0 Å². The van der Waals surface area contributed by atoms with Crippen molar-refractivity contribution in [2.75, 3.05) is 6.54 Å². The highest BCUT2D eigenvalue weighted by Gasteiger charge is 2.23. The van der Waals surface area contributed by atoms with Crippen LogP contribution in [0.25, 0.3) is 10.9 Å². The molecule has 0 fully saturated rings. The molecule has 0 bridgehead atoms. The van der Waals surface area contributed by atoms with Gasteiger partial charge in [0, 0.05) is 48.1 Å². The van der Waals surface area contributed by atoms with E-state index < -0.39 is 0 Å². The minimum absolute atomic E-state index is 0.256. The summed E-state index contributed by atoms with van der Waals surface area (Å²) >= 11 is 0. The van der Waals surface area contributed by atoms with Crippen LogP contribution in [-0.2, 0) is 24.2 Å². The highest BCUT2D eigenvalue weighted by molar-refractivity contribution is 5.86. The molecule has 1 amide bonds. The average Bonchev–Trinajstić information content (AvgIpc) is 2.97. The molecule has 1 aliphatic heterocycles. The van der Waals surface area contributed by atoms with Crippen LogP contribution in [0.15, 0.2) is 48.5 Å². The molecule has 3 nitrogen and oxygen atoms in total. The van der Waals surface area contributed by atoms with Crippen LogP contribution < -0.4 is 0 Å². The number of hydrogen-bond acceptors (Lipinski definition) is 1. The third kappa shape index (κ3) is 2.82. The van der Waals surface area contributed by atoms with Crippen molar-refractivity contribution in [2.24, 2.45) is 0 Å². The fourth-order valence-corrected chi connectivity index (χ4v) is 3.60. The van der Waals surface area contributed by atoms with Crippen molar-refractivity contribution >= 4 is 16.8 Å². The third-order valence-electron chi connectivity index (χ3n) is 4.95. The topological polar surface area (TPSA) is 36.1 Å². The number of nitrogens with one attached hydrogen (secondary N) is 1. The number of benzene rings is 2. The Kier molecular flexibility index (Phi) is 3.85. The van der Waals surface area contributed by atoms with Crippen LogP contribution in [-0.4, -0.2) is 22.3 Å². The van der Waals surface area contributed by atoms with Crippen LogP contribution in [0.2, 0.25) is 0 Å². The van der Waals surface area contributed by atoms with Crippen LogP contribution in [0.4, 0.5) is 0 Å². The van der Waals surface area contributed by atoms with E-state index in [1.54, 1.807) is 0 Å². The number of aromatic amines is 1. The summed E-state index contributed by atoms with van der Waals surface area (Å²) in [4.78, 5) is 18.2. The van der Waals surface area contributed by atoms with E-state index in [2.05, 4.69) is 42.2 Å². The molecule has 2 heterocycles. The van der Waals surface area contributed by atoms with E-state index in [0.717, 1.165) is 25.9 Å². The fraction of sp³-hybridized carbons (Fsp3) is 0.286. The maximum atomic E-state index is 12.6. The van der Waals surface area contributed by atoms with E-state index >= 15 is 0 Å². The third-order valence-corrected chi connectivity index (χ3v) is 4.95. The quantitative estimate of drug-likeness (QED) is 0.778. The van der Waals surface area contributed by atoms with Gasteiger partial charge in [0.1, 0.15) is 0 Å². The van der Waals surface area contributed by atoms with Crippen LogP contribution in [0.3, 0.4) is 0 Å². The number of rotatable bonds is 3. The van der Waals surface area contributed by atoms with Gasteiger partial charge in [0.05, 0.1) is 0 Å². The van der Waals surface area contributed by atoms with Gasteiger partial charge < -0.3 is 9.88 Å². The number of hydrogen-bond donors (Lipinski definition) is 1. The second-order valence-corrected chi connectivity index (χ2v) is 6.68. The molecule has 4 rings (SSSR count). The molecule has 24 heavy (non-hydrogen) atoms. The van der Waals surface area contributed by atoms with Crippen molar-refractivity contribution in [3.05, 3.63) is 70.9 Å². The zero-order valence-electron chi connectivity index (χ0n) is 14.0. The smallest absolute Gasteiger partial charge is 0.223 e. The number of nitrogens with zero attached hydrogens (tertiary/aromatic N) is 1. The first-order chi connectivity index (χ1) is 11.7. The molecule has 1 N–H and O–H groups in total. The van der Waals surface area contributed by atoms with Crippen LogP contribution in [0.5, 0.6) is 0 Å². The number of aryl methyl sites for hydroxylation is 2. The standard InChI is InChI=1S/C21H22N2O/c1-15-7-9-17-18-14-23(12-11-19(18)22-20(17)13-15)21(24)10-8-16-5-3-2-4-6-16/h2-7,9,13,22H,8,10-12,14H2,1H3. The second-order valence-electron chi connectivity index (χ2n) is 6.68. The van der Waals surface area contributed by atoms with E-state index in [1.807, 2.05) is 23.1 Å². The highest BCUT2D eigenvalue weighted by atomic mass is 16.2. The Balaban J connectivity index is 1.49. The first-order valence-corrected chi connectivity index (χ1v) is 8.62. The molecule has 0 saturated carbocycles. The van der Waals surface area contributed by atoms with Crippen molar-refractivity contribution in [1.82, 2.24) is 9.88 Å². The lowest BCUT2D eigenvalue weighted by Gasteiger charge is -2.27. The Morgan fingerprint density at radius 1 is 1.17 bits per heavy atom. The lowest BCUT2D eigenvalue weighted by atomic mass is 10.0. The van der Waals surface area contributed by atoms with E-state index in [1.165, 1.54) is 33.3 Å². The lowest BCUT2D eigenvalue weighted by molar-refractivity contribution is -0.132. The molecule has 0 saturated heterocycles. The number of aromatic nitrogens is 1. The zero-order chi connectivity index (χ0) is 16.5. The molecule has 0 aliphatic carbocycles. The van der Waals surface area contributed by atoms with Gasteiger partial charge in [-0.15, -0.1) is 0 Å². The molecule has 0 radical (unpaired) electrons. The monoisotopic (exact) mass is 318 g/mol. The van der Waals surface area contributed by atoms with Gasteiger partial charge in [0.2, 0.25) is 5.91 Å². The summed E-state index contributed by atoms with van der Waals surface area (Å²) in [7, 11) is 0. The summed E-state index contributed by atoms with van der Waals surface area (Å²) in [6.07, 6.45) is 2.32. The Morgan fingerprint density at radius 2 is 2.00 bits per heavy atom. The number of H-pyrrole nitrogens is 1. The van der Waals surface area contributed by atoms with Gasteiger partial charge >= 0.3 is 0 Å². The molecule has 0 atom stereocenters. The molecule has 0 unspecified atom stereocenters. The van der Waals surface area contributed by atoms with Gasteiger partial charge in [-0.1, -0.05) is 42.5 Å². The molecular formula is C21H22N2O. The molecule has 0 spiro atoms. The number of carbonyl (C=O) groups is 1. The van der Waals surface area contributed by atoms with Gasteiger partial charge in [0.25, 0.3) is 0 Å². The Labute approximate surface area is 142 Å². The summed E-state index contributed by atoms with van der Waals surface area (Å²) in [6, 6.07) is 16.8. The Bertz CT molecular complexity index is 879. The van der Waals surface area contributed by atoms with Crippen LogP contribution in [0.1, 0.15) is 28.8 Å². The normalized spacial score (nSPS) is 14.0. The summed E-state index contributed by atoms with van der Waals surface area (Å²) < 4.78 is 0. The SMILES string of the molecule is Cc1ccc2c3c([nH]c2c1)CCN(C(=O)CCc1ccccc1)C3. The van der Waals surface area contributed by atoms with Crippen LogP contribution in [0, 0.1) is 6.92 Å². The zero-order valence-corrected chi connectivity index (χ0v) is 14.0. The van der Waals surface area contributed by atoms with Crippen LogP contribution >= 0.6 is 0 Å². The van der Waals surface area contributed by atoms with E-state index in [4.69, 9.17) is 0 Å². The van der Waals surface area contributed by atoms with E-state index in [0.29, 0.717) is 6.42 Å². The second kappa shape index (κ2) is 6.16. The fourth-order valence-electron chi connectivity index (χ4n) is 3.60. The molecule has 122 valence electrons. The molecular weight excluding hydrogens is 296 g/mol. The summed E-state index contributed by atoms with van der Waals surface area (Å²) in [5.41, 5.74) is 6.27. The predicted molar refractivity (Wildman–Crippen MR) is 96.9 cm³/mol. The molecule has 1 aromatic heterocycles. The average molecular weight is 318 g/mol. The summed E-state index contributed by atoms with van der Waals surface area (Å²) in [5.74, 6) is 0.256. The van der Waals surface area contributed by atoms with E-state index in [-0.39, 0.29) is 5.91 Å². The first kappa shape index (κ1) is 15.0. The van der Waals surface area contributed by atoms with Gasteiger partial charge in [-0.3, -0.25) is 4.79 Å². The van der Waals surface area contributed by atoms with Crippen molar-refractivity contribution in [3.8, 4) is 0 Å². The van der Waals surface area contributed by atoms with Crippen molar-refractivity contribution in [1.29, 1.82) is 0 Å². The maximum absolute atomic E-state index is 12.6. The van der Waals surface area contributed by atoms with Crippen molar-refractivity contribution < 1.29 is 4.79 Å². The maximum Gasteiger partial charge on any atom is 0.223 e. The Morgan fingerprint density at radius 3 is 2.83 bits per heavy atom. The minimum atomic E-state index is 0.256. The van der Waals surface area contributed by atoms with Gasteiger partial charge in [-0.25, -0.2) is 0 Å². The lowest BCUT2D eigenvalue weighted by Crippen LogP contribution is -2.35. The highest BCUT2D eigenvalue weighted by Crippen LogP contribution is 2.28.